The second-order valence-electron chi connectivity index (χ2n) is 10.4. The number of likely N-dealkylation sites (tertiary alicyclic amines) is 1. The second-order valence-corrected chi connectivity index (χ2v) is 10.4. The van der Waals surface area contributed by atoms with Gasteiger partial charge in [-0.3, -0.25) is 14.0 Å². The molecule has 0 radical (unpaired) electrons. The molecule has 2 fully saturated rings. The molecule has 1 saturated carbocycles. The van der Waals surface area contributed by atoms with Crippen LogP contribution in [0.25, 0.3) is 16.8 Å². The predicted molar refractivity (Wildman–Crippen MR) is 143 cm³/mol. The summed E-state index contributed by atoms with van der Waals surface area (Å²) in [5, 5.41) is 13.0. The number of amides is 2. The second kappa shape index (κ2) is 10.1. The molecule has 0 bridgehead atoms. The van der Waals surface area contributed by atoms with Crippen LogP contribution in [0.15, 0.2) is 55.0 Å². The third-order valence-corrected chi connectivity index (χ3v) is 7.39. The van der Waals surface area contributed by atoms with Gasteiger partial charge in [0.15, 0.2) is 0 Å². The lowest BCUT2D eigenvalue weighted by atomic mass is 9.94. The fourth-order valence-electron chi connectivity index (χ4n) is 5.25. The van der Waals surface area contributed by atoms with Crippen LogP contribution in [-0.2, 0) is 11.0 Å². The summed E-state index contributed by atoms with van der Waals surface area (Å²) in [6.07, 6.45) is 1.20. The Bertz CT molecular complexity index is 1630. The largest absolute Gasteiger partial charge is 0.416 e. The highest BCUT2D eigenvalue weighted by atomic mass is 19.4. The minimum atomic E-state index is -4.56. The number of nitrogens with one attached hydrogen (secondary N) is 1. The van der Waals surface area contributed by atoms with E-state index >= 15 is 0 Å². The molecule has 41 heavy (non-hydrogen) atoms. The number of halogens is 3. The molecule has 2 atom stereocenters. The number of carbonyl (C=O) groups is 2. The van der Waals surface area contributed by atoms with Crippen LogP contribution < -0.4 is 11.1 Å². The van der Waals surface area contributed by atoms with Crippen LogP contribution in [0.5, 0.6) is 0 Å². The molecule has 2 amide bonds. The summed E-state index contributed by atoms with van der Waals surface area (Å²) < 4.78 is 40.9. The van der Waals surface area contributed by atoms with Crippen LogP contribution in [0, 0.1) is 5.92 Å². The molecular formula is C28H26F3N7O3. The first-order valence-corrected chi connectivity index (χ1v) is 13.1. The minimum Gasteiger partial charge on any atom is -0.391 e. The normalized spacial score (nSPS) is 19.4. The number of hydrogen-bond acceptors (Lipinski definition) is 7. The van der Waals surface area contributed by atoms with Gasteiger partial charge in [-0.1, -0.05) is 12.1 Å². The molecule has 6 rings (SSSR count). The maximum atomic E-state index is 13.0. The Kier molecular flexibility index (Phi) is 6.60. The summed E-state index contributed by atoms with van der Waals surface area (Å²) in [7, 11) is 0. The Morgan fingerprint density at radius 2 is 1.80 bits per heavy atom. The number of imidazole rings is 1. The third-order valence-electron chi connectivity index (χ3n) is 7.39. The van der Waals surface area contributed by atoms with Crippen LogP contribution >= 0.6 is 0 Å². The monoisotopic (exact) mass is 565 g/mol. The van der Waals surface area contributed by atoms with Crippen LogP contribution in [0.4, 0.5) is 24.8 Å². The topological polar surface area (TPSA) is 139 Å². The van der Waals surface area contributed by atoms with Gasteiger partial charge >= 0.3 is 6.18 Å². The average Bonchev–Trinajstić information content (AvgIpc) is 3.72. The fourth-order valence-corrected chi connectivity index (χ4v) is 5.25. The van der Waals surface area contributed by atoms with Gasteiger partial charge < -0.3 is 21.1 Å². The lowest BCUT2D eigenvalue weighted by Crippen LogP contribution is -2.46. The van der Waals surface area contributed by atoms with Crippen molar-refractivity contribution in [2.75, 3.05) is 24.1 Å². The Morgan fingerprint density at radius 1 is 1.05 bits per heavy atom. The quantitative estimate of drug-likeness (QED) is 0.335. The van der Waals surface area contributed by atoms with Gasteiger partial charge in [0.25, 0.3) is 5.91 Å². The Hall–Kier alpha value is -4.52. The number of carbonyl (C=O) groups excluding carboxylic acids is 2. The first-order valence-electron chi connectivity index (χ1n) is 13.1. The molecule has 4 N–H and O–H groups in total. The van der Waals surface area contributed by atoms with E-state index < -0.39 is 23.8 Å². The van der Waals surface area contributed by atoms with Crippen LogP contribution in [-0.4, -0.2) is 60.4 Å². The number of β-amino-alcohol motifs (C(OH)–C–C–N with tert-alkyl or cyclic N) is 1. The van der Waals surface area contributed by atoms with Crippen molar-refractivity contribution in [3.05, 3.63) is 71.9 Å². The number of benzene rings is 1. The predicted octanol–water partition coefficient (Wildman–Crippen LogP) is 3.73. The Labute approximate surface area is 232 Å². The average molecular weight is 566 g/mol. The highest BCUT2D eigenvalue weighted by Crippen LogP contribution is 2.37. The van der Waals surface area contributed by atoms with Crippen molar-refractivity contribution in [2.24, 2.45) is 5.92 Å². The van der Waals surface area contributed by atoms with E-state index in [9.17, 15) is 27.9 Å². The number of nitrogens with two attached hydrogens (primary N) is 1. The van der Waals surface area contributed by atoms with E-state index in [-0.39, 0.29) is 34.9 Å². The number of rotatable bonds is 5. The van der Waals surface area contributed by atoms with E-state index in [4.69, 9.17) is 10.7 Å². The zero-order valence-corrected chi connectivity index (χ0v) is 21.7. The Balaban J connectivity index is 1.28. The highest BCUT2D eigenvalue weighted by Gasteiger charge is 2.39. The van der Waals surface area contributed by atoms with E-state index in [0.717, 1.165) is 31.2 Å². The zero-order chi connectivity index (χ0) is 28.9. The van der Waals surface area contributed by atoms with Crippen molar-refractivity contribution in [2.45, 2.75) is 37.5 Å². The van der Waals surface area contributed by atoms with Crippen molar-refractivity contribution in [3.63, 3.8) is 0 Å². The summed E-state index contributed by atoms with van der Waals surface area (Å²) in [5.74, 6) is -0.124. The number of aromatic nitrogens is 4. The number of nitrogen functional groups attached to an aromatic ring is 1. The Morgan fingerprint density at radius 3 is 2.51 bits per heavy atom. The van der Waals surface area contributed by atoms with Crippen molar-refractivity contribution >= 4 is 29.0 Å². The molecule has 1 saturated heterocycles. The zero-order valence-electron chi connectivity index (χ0n) is 21.7. The number of alkyl halides is 3. The number of nitrogens with zero attached hydrogens (tertiary/aromatic N) is 5. The number of fused-ring (bicyclic) bond motifs is 1. The van der Waals surface area contributed by atoms with Crippen molar-refractivity contribution in [3.8, 4) is 11.3 Å². The molecule has 1 aromatic carbocycles. The van der Waals surface area contributed by atoms with E-state index in [1.165, 1.54) is 12.1 Å². The van der Waals surface area contributed by atoms with Crippen LogP contribution in [0.3, 0.4) is 0 Å². The standard InChI is InChI=1S/C28H26F3N7O3/c29-28(30,31)19-7-8-33-21(12-19)35-26(40)16-3-1-15(2-4-16)22-23-24(32)34-9-10-38(23)25(36-22)18-11-20(39)14-37(13-18)27(41)17-5-6-17/h1-4,7-10,12,17-18,20,39H,5-6,11,13-14H2,(H2,32,34)(H,33,35,40)/t18?,20-/m0/s1. The van der Waals surface area contributed by atoms with E-state index in [2.05, 4.69) is 15.3 Å². The first-order chi connectivity index (χ1) is 19.6. The number of aliphatic hydroxyl groups excluding tert-OH is 1. The van der Waals surface area contributed by atoms with Gasteiger partial charge in [0.1, 0.15) is 28.7 Å². The molecule has 1 unspecified atom stereocenters. The smallest absolute Gasteiger partial charge is 0.391 e. The van der Waals surface area contributed by atoms with E-state index in [1.807, 2.05) is 4.40 Å². The first kappa shape index (κ1) is 26.7. The third kappa shape index (κ3) is 5.32. The summed E-state index contributed by atoms with van der Waals surface area (Å²) >= 11 is 0. The maximum absolute atomic E-state index is 13.0. The lowest BCUT2D eigenvalue weighted by molar-refractivity contribution is -0.137. The SMILES string of the molecule is Nc1nccn2c(C3C[C@H](O)CN(C(=O)C4CC4)C3)nc(-c3ccc(C(=O)Nc4cc(C(F)(F)F)ccn4)cc3)c12. The van der Waals surface area contributed by atoms with Crippen LogP contribution in [0.1, 0.15) is 46.9 Å². The van der Waals surface area contributed by atoms with Gasteiger partial charge in [-0.15, -0.1) is 0 Å². The molecule has 2 aliphatic rings. The van der Waals surface area contributed by atoms with Gasteiger partial charge in [0.2, 0.25) is 5.91 Å². The minimum absolute atomic E-state index is 0.0356. The van der Waals surface area contributed by atoms with Gasteiger partial charge in [0.05, 0.1) is 11.7 Å². The van der Waals surface area contributed by atoms with Gasteiger partial charge in [0, 0.05) is 54.6 Å². The molecule has 4 aromatic rings. The van der Waals surface area contributed by atoms with Crippen molar-refractivity contribution < 1.29 is 27.9 Å². The number of piperidine rings is 1. The molecule has 0 spiro atoms. The van der Waals surface area contributed by atoms with Crippen LogP contribution in [0.2, 0.25) is 0 Å². The molecule has 1 aliphatic heterocycles. The van der Waals surface area contributed by atoms with Gasteiger partial charge in [-0.2, -0.15) is 13.2 Å². The number of anilines is 2. The number of pyridine rings is 1. The fraction of sp³-hybridized carbons (Fsp3) is 0.321. The molecule has 212 valence electrons. The molecule has 4 heterocycles. The van der Waals surface area contributed by atoms with Crippen molar-refractivity contribution in [1.82, 2.24) is 24.3 Å². The lowest BCUT2D eigenvalue weighted by Gasteiger charge is -2.35. The molecule has 13 heteroatoms. The maximum Gasteiger partial charge on any atom is 0.416 e. The summed E-state index contributed by atoms with van der Waals surface area (Å²) in [6, 6.07) is 7.96. The van der Waals surface area contributed by atoms with E-state index in [1.54, 1.807) is 29.4 Å². The number of aliphatic hydroxyl groups is 1. The molecule has 10 nitrogen and oxygen atoms in total. The summed E-state index contributed by atoms with van der Waals surface area (Å²) in [6.45, 7) is 0.723. The molecule has 3 aromatic heterocycles. The molecule has 1 aliphatic carbocycles. The highest BCUT2D eigenvalue weighted by molar-refractivity contribution is 6.04. The number of hydrogen-bond donors (Lipinski definition) is 3. The van der Waals surface area contributed by atoms with E-state index in [0.29, 0.717) is 42.1 Å². The summed E-state index contributed by atoms with van der Waals surface area (Å²) in [5.41, 5.74) is 7.23. The summed E-state index contributed by atoms with van der Waals surface area (Å²) in [4.78, 5) is 40.1. The van der Waals surface area contributed by atoms with Gasteiger partial charge in [-0.25, -0.2) is 15.0 Å². The van der Waals surface area contributed by atoms with Gasteiger partial charge in [-0.05, 0) is 43.5 Å². The molecular weight excluding hydrogens is 539 g/mol. The van der Waals surface area contributed by atoms with Crippen molar-refractivity contribution in [1.29, 1.82) is 0 Å².